The first kappa shape index (κ1) is 24.6. The molecule has 0 radical (unpaired) electrons. The number of aliphatic hydroxyl groups is 1. The number of benzene rings is 2. The van der Waals surface area contributed by atoms with Crippen LogP contribution in [0.5, 0.6) is 5.75 Å². The van der Waals surface area contributed by atoms with Gasteiger partial charge < -0.3 is 15.3 Å². The third kappa shape index (κ3) is 6.93. The van der Waals surface area contributed by atoms with Crippen LogP contribution >= 0.6 is 0 Å². The Kier molecular flexibility index (Phi) is 8.51. The van der Waals surface area contributed by atoms with Gasteiger partial charge in [0.1, 0.15) is 17.1 Å². The summed E-state index contributed by atoms with van der Waals surface area (Å²) in [5.74, 6) is -1.28. The van der Waals surface area contributed by atoms with Crippen molar-refractivity contribution in [1.29, 1.82) is 0 Å². The maximum Gasteiger partial charge on any atom is 0.339 e. The topological polar surface area (TPSA) is 137 Å². The van der Waals surface area contributed by atoms with Crippen molar-refractivity contribution in [2.45, 2.75) is 18.7 Å². The van der Waals surface area contributed by atoms with E-state index < -0.39 is 16.0 Å². The fraction of sp³-hybridized carbons (Fsp3) is 0.130. The minimum absolute atomic E-state index is 0.0933. The lowest BCUT2D eigenvalue weighted by Crippen LogP contribution is -2.13. The van der Waals surface area contributed by atoms with Crippen molar-refractivity contribution < 1.29 is 28.5 Å². The van der Waals surface area contributed by atoms with E-state index in [1.165, 1.54) is 30.5 Å². The van der Waals surface area contributed by atoms with Crippen molar-refractivity contribution in [1.82, 2.24) is 4.98 Å². The third-order valence-electron chi connectivity index (χ3n) is 4.06. The second-order valence-corrected chi connectivity index (χ2v) is 8.31. The van der Waals surface area contributed by atoms with E-state index in [4.69, 9.17) is 10.2 Å². The van der Waals surface area contributed by atoms with E-state index in [0.29, 0.717) is 5.56 Å². The van der Waals surface area contributed by atoms with Gasteiger partial charge in [-0.1, -0.05) is 30.4 Å². The highest BCUT2D eigenvalue weighted by Gasteiger charge is 2.14. The fourth-order valence-electron chi connectivity index (χ4n) is 2.57. The van der Waals surface area contributed by atoms with Crippen LogP contribution in [0.1, 0.15) is 34.0 Å². The molecule has 0 aliphatic carbocycles. The van der Waals surface area contributed by atoms with Crippen molar-refractivity contribution in [2.24, 2.45) is 0 Å². The highest BCUT2D eigenvalue weighted by molar-refractivity contribution is 7.92. The lowest BCUT2D eigenvalue weighted by atomic mass is 10.1. The third-order valence-corrected chi connectivity index (χ3v) is 5.43. The number of nitrogens with zero attached hydrogens (tertiary/aromatic N) is 1. The second-order valence-electron chi connectivity index (χ2n) is 6.62. The molecule has 4 N–H and O–H groups in total. The van der Waals surface area contributed by atoms with Gasteiger partial charge in [0, 0.05) is 12.8 Å². The minimum Gasteiger partial charge on any atom is -0.507 e. The molecule has 3 rings (SSSR count). The van der Waals surface area contributed by atoms with Gasteiger partial charge in [0.05, 0.1) is 4.90 Å². The molecule has 32 heavy (non-hydrogen) atoms. The number of aliphatic hydroxyl groups excluding tert-OH is 1. The number of pyridine rings is 1. The van der Waals surface area contributed by atoms with E-state index >= 15 is 0 Å². The number of nitrogens with one attached hydrogen (secondary N) is 1. The molecule has 3 aromatic rings. The summed E-state index contributed by atoms with van der Waals surface area (Å²) < 4.78 is 27.4. The van der Waals surface area contributed by atoms with Crippen molar-refractivity contribution in [3.05, 3.63) is 83.0 Å². The van der Waals surface area contributed by atoms with E-state index in [2.05, 4.69) is 9.71 Å². The second kappa shape index (κ2) is 11.1. The molecule has 0 amide bonds. The predicted molar refractivity (Wildman–Crippen MR) is 123 cm³/mol. The van der Waals surface area contributed by atoms with Crippen LogP contribution < -0.4 is 4.72 Å². The Hall–Kier alpha value is -3.69. The summed E-state index contributed by atoms with van der Waals surface area (Å²) >= 11 is 0. The Morgan fingerprint density at radius 1 is 1.03 bits per heavy atom. The van der Waals surface area contributed by atoms with Crippen LogP contribution in [-0.4, -0.2) is 41.3 Å². The van der Waals surface area contributed by atoms with Crippen molar-refractivity contribution in [2.75, 3.05) is 11.3 Å². The van der Waals surface area contributed by atoms with Crippen LogP contribution in [0.2, 0.25) is 0 Å². The summed E-state index contributed by atoms with van der Waals surface area (Å²) in [7, 11) is -3.76. The Morgan fingerprint density at radius 3 is 2.22 bits per heavy atom. The number of hydrogen-bond acceptors (Lipinski definition) is 6. The van der Waals surface area contributed by atoms with E-state index in [1.54, 1.807) is 49.4 Å². The smallest absolute Gasteiger partial charge is 0.339 e. The zero-order valence-electron chi connectivity index (χ0n) is 17.6. The molecule has 1 aromatic heterocycles. The molecule has 0 saturated carbocycles. The molecule has 9 heteroatoms. The maximum atomic E-state index is 12.5. The average Bonchev–Trinajstić information content (AvgIpc) is 2.73. The van der Waals surface area contributed by atoms with Crippen molar-refractivity contribution in [3.63, 3.8) is 0 Å². The van der Waals surface area contributed by atoms with Gasteiger partial charge in [-0.05, 0) is 66.9 Å². The number of hydrogen-bond donors (Lipinski definition) is 4. The van der Waals surface area contributed by atoms with Gasteiger partial charge >= 0.3 is 5.97 Å². The average molecular weight is 457 g/mol. The molecule has 0 atom stereocenters. The molecular weight excluding hydrogens is 432 g/mol. The highest BCUT2D eigenvalue weighted by Crippen LogP contribution is 2.21. The zero-order valence-corrected chi connectivity index (χ0v) is 18.4. The normalized spacial score (nSPS) is 11.0. The van der Waals surface area contributed by atoms with Gasteiger partial charge in [0.15, 0.2) is 0 Å². The predicted octanol–water partition coefficient (Wildman–Crippen LogP) is 3.76. The minimum atomic E-state index is -3.76. The zero-order chi connectivity index (χ0) is 23.7. The number of carbonyl (C=O) groups is 1. The van der Waals surface area contributed by atoms with Crippen LogP contribution in [0.4, 0.5) is 5.82 Å². The summed E-state index contributed by atoms with van der Waals surface area (Å²) in [6, 6.07) is 13.9. The highest BCUT2D eigenvalue weighted by atomic mass is 32.2. The number of aryl methyl sites for hydroxylation is 1. The van der Waals surface area contributed by atoms with Crippen LogP contribution in [0, 0.1) is 6.92 Å². The number of sulfonamides is 1. The number of carboxylic acids is 1. The first-order valence-corrected chi connectivity index (χ1v) is 11.1. The molecule has 0 fully saturated rings. The molecular formula is C23H24N2O6S. The lowest BCUT2D eigenvalue weighted by Gasteiger charge is -2.08. The van der Waals surface area contributed by atoms with Crippen LogP contribution in [0.3, 0.4) is 0 Å². The Labute approximate surface area is 186 Å². The van der Waals surface area contributed by atoms with Gasteiger partial charge in [-0.25, -0.2) is 18.2 Å². The molecule has 0 aliphatic rings. The van der Waals surface area contributed by atoms with E-state index in [9.17, 15) is 18.3 Å². The molecule has 0 spiro atoms. The van der Waals surface area contributed by atoms with E-state index in [0.717, 1.165) is 11.1 Å². The number of anilines is 1. The fourth-order valence-corrected chi connectivity index (χ4v) is 3.57. The Balaban J connectivity index is 0.00000114. The van der Waals surface area contributed by atoms with Gasteiger partial charge in [-0.3, -0.25) is 4.72 Å². The number of aromatic hydroxyl groups is 1. The summed E-state index contributed by atoms with van der Waals surface area (Å²) in [6.07, 6.45) is 4.91. The molecule has 168 valence electrons. The number of aromatic nitrogens is 1. The largest absolute Gasteiger partial charge is 0.507 e. The summed E-state index contributed by atoms with van der Waals surface area (Å²) in [6.45, 7) is 3.77. The van der Waals surface area contributed by atoms with Crippen LogP contribution in [0.25, 0.3) is 12.2 Å². The van der Waals surface area contributed by atoms with Crippen molar-refractivity contribution >= 4 is 34.0 Å². The van der Waals surface area contributed by atoms with E-state index in [1.807, 2.05) is 6.92 Å². The van der Waals surface area contributed by atoms with Gasteiger partial charge in [-0.2, -0.15) is 0 Å². The molecule has 1 heterocycles. The summed E-state index contributed by atoms with van der Waals surface area (Å²) in [5.41, 5.74) is 2.01. The number of aromatic carboxylic acids is 1. The number of rotatable bonds is 6. The Bertz CT molecular complexity index is 1210. The number of phenols is 1. The standard InChI is InChI=1S/C21H18N2O5S.C2H6O/c1-14-10-11-22-20(12-14)23-29(27,28)17-7-4-15(5-8-17)2-3-16-6-9-19(24)18(13-16)21(25)26;1-2-3/h2-13,24H,1H3,(H,22,23)(H,25,26);3H,2H2,1H3. The SMILES string of the molecule is CCO.Cc1ccnc(NS(=O)(=O)c2ccc(C=Cc3ccc(O)c(C(=O)O)c3)cc2)c1. The Morgan fingerprint density at radius 2 is 1.62 bits per heavy atom. The van der Waals surface area contributed by atoms with Crippen LogP contribution in [-0.2, 0) is 10.0 Å². The molecule has 8 nitrogen and oxygen atoms in total. The molecule has 0 bridgehead atoms. The molecule has 0 aliphatic heterocycles. The van der Waals surface area contributed by atoms with Gasteiger partial charge in [0.25, 0.3) is 10.0 Å². The molecule has 2 aromatic carbocycles. The van der Waals surface area contributed by atoms with Gasteiger partial charge in [-0.15, -0.1) is 0 Å². The maximum absolute atomic E-state index is 12.5. The van der Waals surface area contributed by atoms with Gasteiger partial charge in [0.2, 0.25) is 0 Å². The number of carboxylic acid groups (broad SMARTS) is 1. The summed E-state index contributed by atoms with van der Waals surface area (Å²) in [4.78, 5) is 15.2. The summed E-state index contributed by atoms with van der Waals surface area (Å²) in [5, 5.41) is 26.2. The first-order chi connectivity index (χ1) is 15.2. The molecule has 0 unspecified atom stereocenters. The van der Waals surface area contributed by atoms with Crippen LogP contribution in [0.15, 0.2) is 65.7 Å². The van der Waals surface area contributed by atoms with E-state index in [-0.39, 0.29) is 28.6 Å². The lowest BCUT2D eigenvalue weighted by molar-refractivity contribution is 0.0693. The first-order valence-electron chi connectivity index (χ1n) is 9.57. The monoisotopic (exact) mass is 456 g/mol. The van der Waals surface area contributed by atoms with Crippen molar-refractivity contribution in [3.8, 4) is 5.75 Å². The quantitative estimate of drug-likeness (QED) is 0.415. The molecule has 0 saturated heterocycles.